The number of aryl methyl sites for hydroxylation is 1. The lowest BCUT2D eigenvalue weighted by Gasteiger charge is -2.04. The number of fused-ring (bicyclic) bond motifs is 1. The van der Waals surface area contributed by atoms with E-state index in [0.717, 1.165) is 0 Å². The molecule has 2 rings (SSSR count). The van der Waals surface area contributed by atoms with Crippen molar-refractivity contribution in [1.29, 1.82) is 0 Å². The molecule has 2 aromatic heterocycles. The van der Waals surface area contributed by atoms with Gasteiger partial charge in [-0.15, -0.1) is 0 Å². The Balaban J connectivity index is 2.63. The number of ether oxygens (including phenoxy) is 1. The molecule has 0 radical (unpaired) electrons. The molecule has 0 atom stereocenters. The van der Waals surface area contributed by atoms with Crippen LogP contribution in [-0.2, 0) is 11.2 Å². The molecule has 0 fully saturated rings. The number of nitrogens with zero attached hydrogens (tertiary/aromatic N) is 2. The maximum atomic E-state index is 12.2. The Bertz CT molecular complexity index is 671. The smallest absolute Gasteiger partial charge is 0.343 e. The van der Waals surface area contributed by atoms with E-state index in [1.165, 1.54) is 10.7 Å². The van der Waals surface area contributed by atoms with Gasteiger partial charge >= 0.3 is 5.97 Å². The fourth-order valence-corrected chi connectivity index (χ4v) is 1.92. The van der Waals surface area contributed by atoms with Crippen LogP contribution in [0.3, 0.4) is 0 Å². The molecule has 2 N–H and O–H groups in total. The molecule has 0 saturated carbocycles. The fourth-order valence-electron chi connectivity index (χ4n) is 1.92. The first-order chi connectivity index (χ1) is 9.10. The number of carbonyl (C=O) groups is 1. The van der Waals surface area contributed by atoms with Gasteiger partial charge in [0, 0.05) is 30.5 Å². The first kappa shape index (κ1) is 13.3. The lowest BCUT2D eigenvalue weighted by molar-refractivity contribution is 0.0528. The summed E-state index contributed by atoms with van der Waals surface area (Å²) >= 11 is 0. The minimum absolute atomic E-state index is 0.130. The Hall–Kier alpha value is -2.15. The molecule has 0 aliphatic carbocycles. The number of hydrogen-bond donors (Lipinski definition) is 2. The van der Waals surface area contributed by atoms with Crippen LogP contribution in [0, 0.1) is 6.92 Å². The van der Waals surface area contributed by atoms with Crippen LogP contribution in [0.1, 0.15) is 28.5 Å². The van der Waals surface area contributed by atoms with E-state index in [1.807, 2.05) is 0 Å². The summed E-state index contributed by atoms with van der Waals surface area (Å²) in [5, 5.41) is 11.6. The normalized spacial score (nSPS) is 10.9. The number of nitrogens with one attached hydrogen (secondary N) is 1. The fraction of sp³-hybridized carbons (Fsp3) is 0.417. The lowest BCUT2D eigenvalue weighted by Crippen LogP contribution is -2.23. The molecule has 7 heteroatoms. The van der Waals surface area contributed by atoms with Crippen molar-refractivity contribution in [2.75, 3.05) is 13.2 Å². The van der Waals surface area contributed by atoms with Crippen molar-refractivity contribution in [1.82, 2.24) is 14.6 Å². The van der Waals surface area contributed by atoms with Crippen LogP contribution in [0.2, 0.25) is 0 Å². The first-order valence-corrected chi connectivity index (χ1v) is 5.97. The molecule has 2 heterocycles. The average Bonchev–Trinajstić information content (AvgIpc) is 2.78. The monoisotopic (exact) mass is 265 g/mol. The molecule has 7 nitrogen and oxygen atoms in total. The predicted octanol–water partition coefficient (Wildman–Crippen LogP) is 0.0425. The zero-order chi connectivity index (χ0) is 14.0. The number of esters is 1. The van der Waals surface area contributed by atoms with Gasteiger partial charge in [0.15, 0.2) is 5.65 Å². The van der Waals surface area contributed by atoms with Gasteiger partial charge in [-0.25, -0.2) is 14.3 Å². The summed E-state index contributed by atoms with van der Waals surface area (Å²) in [6, 6.07) is 0. The zero-order valence-corrected chi connectivity index (χ0v) is 10.8. The van der Waals surface area contributed by atoms with E-state index < -0.39 is 5.97 Å². The van der Waals surface area contributed by atoms with Crippen molar-refractivity contribution >= 4 is 11.6 Å². The second-order valence-corrected chi connectivity index (χ2v) is 4.02. The Kier molecular flexibility index (Phi) is 3.66. The summed E-state index contributed by atoms with van der Waals surface area (Å²) in [4.78, 5) is 28.1. The van der Waals surface area contributed by atoms with Gasteiger partial charge < -0.3 is 9.84 Å². The van der Waals surface area contributed by atoms with Crippen molar-refractivity contribution in [2.24, 2.45) is 0 Å². The van der Waals surface area contributed by atoms with Gasteiger partial charge in [0.2, 0.25) is 0 Å². The molecule has 0 saturated heterocycles. The lowest BCUT2D eigenvalue weighted by atomic mass is 10.2. The second kappa shape index (κ2) is 5.23. The quantitative estimate of drug-likeness (QED) is 0.761. The van der Waals surface area contributed by atoms with E-state index in [9.17, 15) is 9.59 Å². The molecule has 0 aromatic carbocycles. The maximum Gasteiger partial charge on any atom is 0.343 e. The van der Waals surface area contributed by atoms with E-state index >= 15 is 0 Å². The molecule has 0 unspecified atom stereocenters. The Labute approximate surface area is 108 Å². The van der Waals surface area contributed by atoms with Crippen molar-refractivity contribution < 1.29 is 14.6 Å². The third-order valence-electron chi connectivity index (χ3n) is 2.82. The summed E-state index contributed by atoms with van der Waals surface area (Å²) in [5.74, 6) is -0.526. The number of rotatable bonds is 4. The molecular formula is C12H15N3O4. The summed E-state index contributed by atoms with van der Waals surface area (Å²) in [7, 11) is 0. The Morgan fingerprint density at radius 3 is 2.95 bits per heavy atom. The minimum atomic E-state index is -0.526. The van der Waals surface area contributed by atoms with Crippen LogP contribution in [0.25, 0.3) is 5.65 Å². The summed E-state index contributed by atoms with van der Waals surface area (Å²) in [6.07, 6.45) is 1.62. The third-order valence-corrected chi connectivity index (χ3v) is 2.82. The number of aromatic nitrogens is 3. The van der Waals surface area contributed by atoms with Gasteiger partial charge in [0.05, 0.1) is 6.61 Å². The standard InChI is InChI=1S/C12H15N3O4/c1-3-19-12(18)9-6-13-15-10(9)14-7(2)8(4-5-16)11(15)17/h6,13,16H,3-5H2,1-2H3. The van der Waals surface area contributed by atoms with Crippen molar-refractivity contribution in [3.05, 3.63) is 33.4 Å². The number of aromatic amines is 1. The summed E-state index contributed by atoms with van der Waals surface area (Å²) < 4.78 is 6.08. The third kappa shape index (κ3) is 2.24. The highest BCUT2D eigenvalue weighted by Crippen LogP contribution is 2.10. The topological polar surface area (TPSA) is 96.7 Å². The minimum Gasteiger partial charge on any atom is -0.462 e. The number of H-pyrrole nitrogens is 1. The molecule has 19 heavy (non-hydrogen) atoms. The van der Waals surface area contributed by atoms with Crippen LogP contribution in [0.15, 0.2) is 11.0 Å². The van der Waals surface area contributed by atoms with Crippen LogP contribution in [0.5, 0.6) is 0 Å². The van der Waals surface area contributed by atoms with E-state index in [0.29, 0.717) is 11.3 Å². The molecule has 0 aliphatic rings. The van der Waals surface area contributed by atoms with Gasteiger partial charge in [0.1, 0.15) is 5.56 Å². The predicted molar refractivity (Wildman–Crippen MR) is 67.3 cm³/mol. The van der Waals surface area contributed by atoms with Crippen LogP contribution >= 0.6 is 0 Å². The molecule has 0 aliphatic heterocycles. The molecular weight excluding hydrogens is 250 g/mol. The molecule has 102 valence electrons. The van der Waals surface area contributed by atoms with E-state index in [-0.39, 0.29) is 36.4 Å². The van der Waals surface area contributed by atoms with Crippen molar-refractivity contribution in [2.45, 2.75) is 20.3 Å². The molecule has 0 bridgehead atoms. The van der Waals surface area contributed by atoms with Crippen molar-refractivity contribution in [3.63, 3.8) is 0 Å². The van der Waals surface area contributed by atoms with E-state index in [4.69, 9.17) is 9.84 Å². The SMILES string of the molecule is CCOC(=O)c1c[nH]n2c(=O)c(CCO)c(C)nc12. The maximum absolute atomic E-state index is 12.2. The Morgan fingerprint density at radius 2 is 2.32 bits per heavy atom. The summed E-state index contributed by atoms with van der Waals surface area (Å²) in [6.45, 7) is 3.50. The molecule has 0 amide bonds. The van der Waals surface area contributed by atoms with Gasteiger partial charge in [-0.1, -0.05) is 0 Å². The largest absolute Gasteiger partial charge is 0.462 e. The van der Waals surface area contributed by atoms with Gasteiger partial charge in [-0.2, -0.15) is 0 Å². The molecule has 2 aromatic rings. The number of hydrogen-bond acceptors (Lipinski definition) is 5. The highest BCUT2D eigenvalue weighted by atomic mass is 16.5. The van der Waals surface area contributed by atoms with Crippen molar-refractivity contribution in [3.8, 4) is 0 Å². The number of aliphatic hydroxyl groups is 1. The van der Waals surface area contributed by atoms with E-state index in [1.54, 1.807) is 13.8 Å². The van der Waals surface area contributed by atoms with Crippen LogP contribution in [-0.4, -0.2) is 38.9 Å². The first-order valence-electron chi connectivity index (χ1n) is 5.97. The Morgan fingerprint density at radius 1 is 1.58 bits per heavy atom. The number of carbonyl (C=O) groups excluding carboxylic acids is 1. The summed E-state index contributed by atoms with van der Waals surface area (Å²) in [5.41, 5.74) is 1.08. The van der Waals surface area contributed by atoms with Crippen LogP contribution < -0.4 is 5.56 Å². The average molecular weight is 265 g/mol. The van der Waals surface area contributed by atoms with Gasteiger partial charge in [0.25, 0.3) is 5.56 Å². The second-order valence-electron chi connectivity index (χ2n) is 4.02. The molecule has 0 spiro atoms. The zero-order valence-electron chi connectivity index (χ0n) is 10.8. The number of aliphatic hydroxyl groups excluding tert-OH is 1. The van der Waals surface area contributed by atoms with Gasteiger partial charge in [-0.05, 0) is 13.8 Å². The van der Waals surface area contributed by atoms with Crippen LogP contribution in [0.4, 0.5) is 0 Å². The van der Waals surface area contributed by atoms with Gasteiger partial charge in [-0.3, -0.25) is 9.89 Å². The van der Waals surface area contributed by atoms with E-state index in [2.05, 4.69) is 10.1 Å². The highest BCUT2D eigenvalue weighted by Gasteiger charge is 2.18. The highest BCUT2D eigenvalue weighted by molar-refractivity contribution is 5.95.